The summed E-state index contributed by atoms with van der Waals surface area (Å²) in [5, 5.41) is 6.28. The van der Waals surface area contributed by atoms with Gasteiger partial charge in [-0.25, -0.2) is 0 Å². The van der Waals surface area contributed by atoms with Crippen LogP contribution in [-0.4, -0.2) is 0 Å². The Kier molecular flexibility index (Phi) is 4.36. The molecule has 3 aromatic rings. The molecule has 0 aromatic heterocycles. The van der Waals surface area contributed by atoms with Gasteiger partial charge >= 0.3 is 0 Å². The molecule has 130 valence electrons. The second-order valence-electron chi connectivity index (χ2n) is 8.92. The fraction of sp³-hybridized carbons (Fsp3) is 0.333. The highest BCUT2D eigenvalue weighted by molar-refractivity contribution is 5.87. The highest BCUT2D eigenvalue weighted by Gasteiger charge is 2.25. The molecule has 0 amide bonds. The van der Waals surface area contributed by atoms with Crippen molar-refractivity contribution in [3.63, 3.8) is 0 Å². The molecule has 0 aliphatic carbocycles. The Morgan fingerprint density at radius 2 is 1.16 bits per heavy atom. The number of nitrogens with one attached hydrogen (secondary N) is 1. The first-order valence-electron chi connectivity index (χ1n) is 9.06. The normalized spacial score (nSPS) is 12.4. The lowest BCUT2D eigenvalue weighted by atomic mass is 9.78. The summed E-state index contributed by atoms with van der Waals surface area (Å²) in [6, 6.07) is 21.8. The van der Waals surface area contributed by atoms with Crippen LogP contribution in [0.25, 0.3) is 10.8 Å². The summed E-state index contributed by atoms with van der Waals surface area (Å²) in [5.41, 5.74) is 5.26. The molecule has 0 unspecified atom stereocenters. The number of fused-ring (bicyclic) bond motifs is 1. The third-order valence-electron chi connectivity index (χ3n) is 4.70. The Hall–Kier alpha value is -2.28. The van der Waals surface area contributed by atoms with E-state index in [1.807, 2.05) is 0 Å². The van der Waals surface area contributed by atoms with Gasteiger partial charge in [-0.05, 0) is 44.9 Å². The van der Waals surface area contributed by atoms with Crippen molar-refractivity contribution in [2.24, 2.45) is 0 Å². The van der Waals surface area contributed by atoms with Crippen LogP contribution in [0, 0.1) is 0 Å². The van der Waals surface area contributed by atoms with Crippen LogP contribution in [0.2, 0.25) is 0 Å². The zero-order chi connectivity index (χ0) is 18.2. The topological polar surface area (TPSA) is 12.0 Å². The number of anilines is 2. The van der Waals surface area contributed by atoms with E-state index in [4.69, 9.17) is 0 Å². The van der Waals surface area contributed by atoms with E-state index in [0.717, 1.165) is 5.69 Å². The third-order valence-corrected chi connectivity index (χ3v) is 4.70. The van der Waals surface area contributed by atoms with Gasteiger partial charge in [0.25, 0.3) is 0 Å². The molecule has 0 aliphatic heterocycles. The van der Waals surface area contributed by atoms with Crippen LogP contribution in [0.4, 0.5) is 11.4 Å². The Bertz CT molecular complexity index is 860. The zero-order valence-corrected chi connectivity index (χ0v) is 16.3. The van der Waals surface area contributed by atoms with Crippen LogP contribution in [0.15, 0.2) is 60.7 Å². The second kappa shape index (κ2) is 6.22. The number of benzene rings is 3. The number of rotatable bonds is 2. The minimum atomic E-state index is 0.0838. The van der Waals surface area contributed by atoms with Crippen LogP contribution in [0.3, 0.4) is 0 Å². The van der Waals surface area contributed by atoms with Crippen molar-refractivity contribution in [1.82, 2.24) is 0 Å². The van der Waals surface area contributed by atoms with Gasteiger partial charge < -0.3 is 5.32 Å². The number of para-hydroxylation sites is 1. The predicted octanol–water partition coefficient (Wildman–Crippen LogP) is 7.18. The first-order valence-corrected chi connectivity index (χ1v) is 9.06. The van der Waals surface area contributed by atoms with Crippen molar-refractivity contribution in [3.8, 4) is 0 Å². The lowest BCUT2D eigenvalue weighted by molar-refractivity contribution is 0.572. The molecule has 0 atom stereocenters. The maximum Gasteiger partial charge on any atom is 0.0460 e. The summed E-state index contributed by atoms with van der Waals surface area (Å²) in [4.78, 5) is 0. The Labute approximate surface area is 152 Å². The molecule has 3 rings (SSSR count). The van der Waals surface area contributed by atoms with Gasteiger partial charge in [-0.1, -0.05) is 90.1 Å². The van der Waals surface area contributed by atoms with E-state index in [2.05, 4.69) is 108 Å². The van der Waals surface area contributed by atoms with Crippen LogP contribution < -0.4 is 5.32 Å². The van der Waals surface area contributed by atoms with E-state index in [9.17, 15) is 0 Å². The summed E-state index contributed by atoms with van der Waals surface area (Å²) in [5.74, 6) is 0. The lowest BCUT2D eigenvalue weighted by Gasteiger charge is -2.30. The molecule has 0 radical (unpaired) electrons. The van der Waals surface area contributed by atoms with Crippen LogP contribution in [0.5, 0.6) is 0 Å². The highest BCUT2D eigenvalue weighted by atomic mass is 14.9. The standard InChI is InChI=1S/C24H29N/c1-23(2,3)20-12-9-13-21(24(4,5)6)22(20)25-19-15-14-17-10-7-8-11-18(17)16-19/h7-16,25H,1-6H3. The van der Waals surface area contributed by atoms with Gasteiger partial charge in [-0.15, -0.1) is 0 Å². The monoisotopic (exact) mass is 331 g/mol. The minimum Gasteiger partial charge on any atom is -0.355 e. The Morgan fingerprint density at radius 3 is 1.72 bits per heavy atom. The van der Waals surface area contributed by atoms with Crippen molar-refractivity contribution in [1.29, 1.82) is 0 Å². The molecule has 0 fully saturated rings. The molecule has 3 aromatic carbocycles. The quantitative estimate of drug-likeness (QED) is 0.524. The van der Waals surface area contributed by atoms with E-state index in [-0.39, 0.29) is 10.8 Å². The highest BCUT2D eigenvalue weighted by Crippen LogP contribution is 2.39. The second-order valence-corrected chi connectivity index (χ2v) is 8.92. The molecule has 1 N–H and O–H groups in total. The summed E-state index contributed by atoms with van der Waals surface area (Å²) < 4.78 is 0. The molecule has 0 saturated heterocycles. The minimum absolute atomic E-state index is 0.0838. The van der Waals surface area contributed by atoms with Gasteiger partial charge in [0.1, 0.15) is 0 Å². The molecular formula is C24H29N. The molecule has 0 aliphatic rings. The molecule has 0 heterocycles. The Balaban J connectivity index is 2.13. The first-order chi connectivity index (χ1) is 11.7. The molecular weight excluding hydrogens is 302 g/mol. The van der Waals surface area contributed by atoms with Gasteiger partial charge in [0.05, 0.1) is 0 Å². The predicted molar refractivity (Wildman–Crippen MR) is 111 cm³/mol. The van der Waals surface area contributed by atoms with E-state index >= 15 is 0 Å². The van der Waals surface area contributed by atoms with Crippen molar-refractivity contribution in [2.45, 2.75) is 52.4 Å². The van der Waals surface area contributed by atoms with Crippen molar-refractivity contribution in [3.05, 3.63) is 71.8 Å². The fourth-order valence-electron chi connectivity index (χ4n) is 3.35. The van der Waals surface area contributed by atoms with Gasteiger partial charge in [0.15, 0.2) is 0 Å². The van der Waals surface area contributed by atoms with Crippen LogP contribution >= 0.6 is 0 Å². The molecule has 0 spiro atoms. The molecule has 25 heavy (non-hydrogen) atoms. The maximum atomic E-state index is 3.75. The molecule has 1 nitrogen and oxygen atoms in total. The van der Waals surface area contributed by atoms with E-state index in [1.54, 1.807) is 0 Å². The first kappa shape index (κ1) is 17.5. The average molecular weight is 332 g/mol. The van der Waals surface area contributed by atoms with Gasteiger partial charge in [-0.3, -0.25) is 0 Å². The maximum absolute atomic E-state index is 3.75. The number of hydrogen-bond donors (Lipinski definition) is 1. The smallest absolute Gasteiger partial charge is 0.0460 e. The summed E-state index contributed by atoms with van der Waals surface area (Å²) in [7, 11) is 0. The van der Waals surface area contributed by atoms with Gasteiger partial charge in [0.2, 0.25) is 0 Å². The average Bonchev–Trinajstić information content (AvgIpc) is 2.53. The lowest BCUT2D eigenvalue weighted by Crippen LogP contribution is -2.20. The van der Waals surface area contributed by atoms with Crippen molar-refractivity contribution in [2.75, 3.05) is 5.32 Å². The number of hydrogen-bond acceptors (Lipinski definition) is 1. The molecule has 0 saturated carbocycles. The SMILES string of the molecule is CC(C)(C)c1cccc(C(C)(C)C)c1Nc1ccc2ccccc2c1. The molecule has 1 heteroatoms. The fourth-order valence-corrected chi connectivity index (χ4v) is 3.35. The van der Waals surface area contributed by atoms with Crippen molar-refractivity contribution >= 4 is 22.1 Å². The summed E-state index contributed by atoms with van der Waals surface area (Å²) in [6.45, 7) is 13.7. The largest absolute Gasteiger partial charge is 0.355 e. The van der Waals surface area contributed by atoms with E-state index in [0.29, 0.717) is 0 Å². The summed E-state index contributed by atoms with van der Waals surface area (Å²) in [6.07, 6.45) is 0. The van der Waals surface area contributed by atoms with E-state index in [1.165, 1.54) is 27.6 Å². The van der Waals surface area contributed by atoms with Crippen LogP contribution in [-0.2, 0) is 10.8 Å². The zero-order valence-electron chi connectivity index (χ0n) is 16.3. The summed E-state index contributed by atoms with van der Waals surface area (Å²) >= 11 is 0. The molecule has 0 bridgehead atoms. The Morgan fingerprint density at radius 1 is 0.600 bits per heavy atom. The van der Waals surface area contributed by atoms with E-state index < -0.39 is 0 Å². The third kappa shape index (κ3) is 3.71. The van der Waals surface area contributed by atoms with Gasteiger partial charge in [0, 0.05) is 11.4 Å². The van der Waals surface area contributed by atoms with Crippen molar-refractivity contribution < 1.29 is 0 Å². The van der Waals surface area contributed by atoms with Gasteiger partial charge in [-0.2, -0.15) is 0 Å². The van der Waals surface area contributed by atoms with Crippen LogP contribution in [0.1, 0.15) is 52.7 Å².